The fourth-order valence-electron chi connectivity index (χ4n) is 2.25. The van der Waals surface area contributed by atoms with Crippen LogP contribution in [0.4, 0.5) is 10.1 Å². The Labute approximate surface area is 123 Å². The molecule has 0 radical (unpaired) electrons. The largest absolute Gasteiger partial charge is 0.478 e. The van der Waals surface area contributed by atoms with Crippen LogP contribution in [0.2, 0.25) is 0 Å². The average Bonchev–Trinajstić information content (AvgIpc) is 2.49. The van der Waals surface area contributed by atoms with Gasteiger partial charge in [0.25, 0.3) is 0 Å². The molecule has 3 nitrogen and oxygen atoms in total. The lowest BCUT2D eigenvalue weighted by Crippen LogP contribution is -2.12. The van der Waals surface area contributed by atoms with E-state index < -0.39 is 11.8 Å². The van der Waals surface area contributed by atoms with E-state index in [4.69, 9.17) is 5.11 Å². The van der Waals surface area contributed by atoms with Crippen molar-refractivity contribution in [3.63, 3.8) is 0 Å². The van der Waals surface area contributed by atoms with Crippen LogP contribution in [0.5, 0.6) is 0 Å². The molecule has 2 aromatic carbocycles. The van der Waals surface area contributed by atoms with Crippen LogP contribution >= 0.6 is 0 Å². The maximum absolute atomic E-state index is 13.9. The maximum atomic E-state index is 13.9. The van der Waals surface area contributed by atoms with Crippen LogP contribution in [0.3, 0.4) is 0 Å². The van der Waals surface area contributed by atoms with Crippen molar-refractivity contribution in [3.8, 4) is 0 Å². The predicted octanol–water partition coefficient (Wildman–Crippen LogP) is 4.48. The highest BCUT2D eigenvalue weighted by molar-refractivity contribution is 5.88. The Kier molecular flexibility index (Phi) is 4.93. The van der Waals surface area contributed by atoms with E-state index in [0.717, 1.165) is 18.4 Å². The Morgan fingerprint density at radius 2 is 1.95 bits per heavy atom. The summed E-state index contributed by atoms with van der Waals surface area (Å²) in [6.45, 7) is 2.06. The Morgan fingerprint density at radius 1 is 1.24 bits per heavy atom. The number of anilines is 1. The van der Waals surface area contributed by atoms with Gasteiger partial charge in [0.15, 0.2) is 0 Å². The summed E-state index contributed by atoms with van der Waals surface area (Å²) in [7, 11) is 0. The van der Waals surface area contributed by atoms with Crippen LogP contribution in [-0.4, -0.2) is 11.1 Å². The summed E-state index contributed by atoms with van der Waals surface area (Å²) in [5.74, 6) is -1.51. The van der Waals surface area contributed by atoms with E-state index in [-0.39, 0.29) is 17.3 Å². The molecule has 0 saturated carbocycles. The summed E-state index contributed by atoms with van der Waals surface area (Å²) in [5, 5.41) is 12.1. The molecule has 21 heavy (non-hydrogen) atoms. The van der Waals surface area contributed by atoms with Gasteiger partial charge in [-0.3, -0.25) is 0 Å². The number of carboxylic acids is 1. The number of carboxylic acid groups (broad SMARTS) is 1. The first kappa shape index (κ1) is 15.0. The molecule has 4 heteroatoms. The van der Waals surface area contributed by atoms with Gasteiger partial charge in [-0.25, -0.2) is 9.18 Å². The van der Waals surface area contributed by atoms with Gasteiger partial charge >= 0.3 is 5.97 Å². The molecule has 0 bridgehead atoms. The van der Waals surface area contributed by atoms with Crippen molar-refractivity contribution < 1.29 is 14.3 Å². The molecule has 0 aromatic heterocycles. The van der Waals surface area contributed by atoms with Crippen LogP contribution in [0.1, 0.15) is 41.7 Å². The van der Waals surface area contributed by atoms with Crippen molar-refractivity contribution in [1.29, 1.82) is 0 Å². The quantitative estimate of drug-likeness (QED) is 0.823. The Hall–Kier alpha value is -2.36. The van der Waals surface area contributed by atoms with Crippen molar-refractivity contribution in [3.05, 3.63) is 65.5 Å². The molecule has 1 unspecified atom stereocenters. The minimum absolute atomic E-state index is 0.0465. The molecular formula is C17H18FNO2. The zero-order valence-corrected chi connectivity index (χ0v) is 11.8. The van der Waals surface area contributed by atoms with E-state index in [1.165, 1.54) is 18.2 Å². The second kappa shape index (κ2) is 6.88. The minimum Gasteiger partial charge on any atom is -0.478 e. The molecular weight excluding hydrogens is 269 g/mol. The van der Waals surface area contributed by atoms with Gasteiger partial charge in [-0.2, -0.15) is 0 Å². The highest BCUT2D eigenvalue weighted by Gasteiger charge is 2.14. The molecule has 2 rings (SSSR count). The standard InChI is InChI=1S/C17H18FNO2/c1-2-6-15(12-7-4-3-5-8-12)19-16-11-13(17(20)21)9-10-14(16)18/h3-5,7-11,15,19H,2,6H2,1H3,(H,20,21). The van der Waals surface area contributed by atoms with Gasteiger partial charge in [0, 0.05) is 0 Å². The first-order valence-corrected chi connectivity index (χ1v) is 6.96. The maximum Gasteiger partial charge on any atom is 0.335 e. The highest BCUT2D eigenvalue weighted by Crippen LogP contribution is 2.26. The van der Waals surface area contributed by atoms with E-state index >= 15 is 0 Å². The van der Waals surface area contributed by atoms with Gasteiger partial charge < -0.3 is 10.4 Å². The van der Waals surface area contributed by atoms with Gasteiger partial charge in [-0.15, -0.1) is 0 Å². The zero-order chi connectivity index (χ0) is 15.2. The van der Waals surface area contributed by atoms with E-state index in [0.29, 0.717) is 0 Å². The lowest BCUT2D eigenvalue weighted by Gasteiger charge is -2.20. The predicted molar refractivity (Wildman–Crippen MR) is 81.1 cm³/mol. The number of rotatable bonds is 6. The third kappa shape index (κ3) is 3.81. The van der Waals surface area contributed by atoms with Crippen molar-refractivity contribution in [2.75, 3.05) is 5.32 Å². The smallest absolute Gasteiger partial charge is 0.335 e. The number of carbonyl (C=O) groups is 1. The molecule has 110 valence electrons. The fraction of sp³-hybridized carbons (Fsp3) is 0.235. The van der Waals surface area contributed by atoms with Gasteiger partial charge in [0.05, 0.1) is 17.3 Å². The van der Waals surface area contributed by atoms with E-state index in [2.05, 4.69) is 12.2 Å². The minimum atomic E-state index is -1.06. The van der Waals surface area contributed by atoms with Gasteiger partial charge in [0.1, 0.15) is 5.82 Å². The average molecular weight is 287 g/mol. The molecule has 0 heterocycles. The number of benzene rings is 2. The zero-order valence-electron chi connectivity index (χ0n) is 11.8. The summed E-state index contributed by atoms with van der Waals surface area (Å²) in [6, 6.07) is 13.5. The van der Waals surface area contributed by atoms with Crippen LogP contribution in [-0.2, 0) is 0 Å². The molecule has 0 fully saturated rings. The highest BCUT2D eigenvalue weighted by atomic mass is 19.1. The molecule has 0 amide bonds. The Bertz CT molecular complexity index is 613. The summed E-state index contributed by atoms with van der Waals surface area (Å²) in [4.78, 5) is 11.0. The molecule has 0 spiro atoms. The molecule has 0 saturated heterocycles. The van der Waals surface area contributed by atoms with Crippen molar-refractivity contribution in [1.82, 2.24) is 0 Å². The number of hydrogen-bond donors (Lipinski definition) is 2. The monoisotopic (exact) mass is 287 g/mol. The molecule has 2 aromatic rings. The lowest BCUT2D eigenvalue weighted by molar-refractivity contribution is 0.0697. The van der Waals surface area contributed by atoms with Crippen molar-refractivity contribution >= 4 is 11.7 Å². The summed E-state index contributed by atoms with van der Waals surface area (Å²) in [5.41, 5.74) is 1.35. The van der Waals surface area contributed by atoms with Crippen LogP contribution in [0, 0.1) is 5.82 Å². The second-order valence-electron chi connectivity index (χ2n) is 4.90. The van der Waals surface area contributed by atoms with Crippen LogP contribution in [0.25, 0.3) is 0 Å². The molecule has 0 aliphatic carbocycles. The lowest BCUT2D eigenvalue weighted by atomic mass is 10.0. The second-order valence-corrected chi connectivity index (χ2v) is 4.90. The van der Waals surface area contributed by atoms with E-state index in [1.807, 2.05) is 30.3 Å². The topological polar surface area (TPSA) is 49.3 Å². The third-order valence-corrected chi connectivity index (χ3v) is 3.32. The molecule has 2 N–H and O–H groups in total. The van der Waals surface area contributed by atoms with Gasteiger partial charge in [-0.1, -0.05) is 43.7 Å². The van der Waals surface area contributed by atoms with Crippen molar-refractivity contribution in [2.24, 2.45) is 0 Å². The SMILES string of the molecule is CCCC(Nc1cc(C(=O)O)ccc1F)c1ccccc1. The molecule has 1 atom stereocenters. The van der Waals surface area contributed by atoms with Crippen molar-refractivity contribution in [2.45, 2.75) is 25.8 Å². The van der Waals surface area contributed by atoms with E-state index in [9.17, 15) is 9.18 Å². The molecule has 0 aliphatic heterocycles. The Balaban J connectivity index is 2.28. The normalized spacial score (nSPS) is 11.9. The van der Waals surface area contributed by atoms with E-state index in [1.54, 1.807) is 0 Å². The van der Waals surface area contributed by atoms with Gasteiger partial charge in [0.2, 0.25) is 0 Å². The fourth-order valence-corrected chi connectivity index (χ4v) is 2.25. The first-order chi connectivity index (χ1) is 10.1. The third-order valence-electron chi connectivity index (χ3n) is 3.32. The number of halogens is 1. The number of aromatic carboxylic acids is 1. The van der Waals surface area contributed by atoms with Crippen LogP contribution in [0.15, 0.2) is 48.5 Å². The number of hydrogen-bond acceptors (Lipinski definition) is 2. The summed E-state index contributed by atoms with van der Waals surface area (Å²) < 4.78 is 13.9. The first-order valence-electron chi connectivity index (χ1n) is 6.96. The molecule has 0 aliphatic rings. The summed E-state index contributed by atoms with van der Waals surface area (Å²) in [6.07, 6.45) is 1.77. The van der Waals surface area contributed by atoms with Crippen LogP contribution < -0.4 is 5.32 Å². The van der Waals surface area contributed by atoms with Gasteiger partial charge in [-0.05, 0) is 30.2 Å². The Morgan fingerprint density at radius 3 is 2.57 bits per heavy atom. The summed E-state index contributed by atoms with van der Waals surface area (Å²) >= 11 is 0. The number of nitrogens with one attached hydrogen (secondary N) is 1.